The molecular formula is C25H25ClFNO2. The van der Waals surface area contributed by atoms with E-state index in [4.69, 9.17) is 16.3 Å². The summed E-state index contributed by atoms with van der Waals surface area (Å²) in [6.07, 6.45) is -0.195. The minimum atomic E-state index is -0.373. The summed E-state index contributed by atoms with van der Waals surface area (Å²) in [6, 6.07) is 22.6. The minimum absolute atomic E-state index is 0.0903. The number of hydrogen-bond acceptors (Lipinski definition) is 3. The normalized spacial score (nSPS) is 18.3. The molecule has 30 heavy (non-hydrogen) atoms. The smallest absolute Gasteiger partial charge is 0.132 e. The van der Waals surface area contributed by atoms with Gasteiger partial charge in [0, 0.05) is 31.1 Å². The van der Waals surface area contributed by atoms with Crippen molar-refractivity contribution in [2.24, 2.45) is 0 Å². The topological polar surface area (TPSA) is 32.7 Å². The van der Waals surface area contributed by atoms with Gasteiger partial charge in [0.15, 0.2) is 0 Å². The number of nitrogens with zero attached hydrogens (tertiary/aromatic N) is 1. The van der Waals surface area contributed by atoms with Crippen molar-refractivity contribution < 1.29 is 14.2 Å². The van der Waals surface area contributed by atoms with E-state index in [2.05, 4.69) is 17.0 Å². The molecule has 0 radical (unpaired) electrons. The molecule has 2 atom stereocenters. The fourth-order valence-electron chi connectivity index (χ4n) is 4.18. The molecule has 156 valence electrons. The van der Waals surface area contributed by atoms with E-state index < -0.39 is 0 Å². The molecule has 1 saturated heterocycles. The second-order valence-electron chi connectivity index (χ2n) is 7.60. The van der Waals surface area contributed by atoms with Crippen molar-refractivity contribution in [3.05, 3.63) is 94.8 Å². The lowest BCUT2D eigenvalue weighted by molar-refractivity contribution is -0.0520. The monoisotopic (exact) mass is 425 g/mol. The molecule has 0 bridgehead atoms. The summed E-state index contributed by atoms with van der Waals surface area (Å²) in [5, 5.41) is 10.6. The van der Waals surface area contributed by atoms with Crippen LogP contribution in [0.2, 0.25) is 5.02 Å². The minimum Gasteiger partial charge on any atom is -0.396 e. The van der Waals surface area contributed by atoms with Crippen molar-refractivity contribution in [2.45, 2.75) is 18.6 Å². The van der Waals surface area contributed by atoms with Gasteiger partial charge in [0.2, 0.25) is 0 Å². The van der Waals surface area contributed by atoms with Crippen molar-refractivity contribution in [1.82, 2.24) is 4.90 Å². The number of benzene rings is 3. The largest absolute Gasteiger partial charge is 0.396 e. The third-order valence-electron chi connectivity index (χ3n) is 5.66. The van der Waals surface area contributed by atoms with Crippen molar-refractivity contribution in [3.63, 3.8) is 0 Å². The first-order chi connectivity index (χ1) is 14.7. The average molecular weight is 426 g/mol. The van der Waals surface area contributed by atoms with Gasteiger partial charge in [-0.25, -0.2) is 4.39 Å². The van der Waals surface area contributed by atoms with Crippen LogP contribution in [0.5, 0.6) is 0 Å². The van der Waals surface area contributed by atoms with Crippen LogP contribution in [-0.2, 0) is 11.3 Å². The van der Waals surface area contributed by atoms with E-state index in [-0.39, 0.29) is 24.4 Å². The SMILES string of the molecule is OCC(c1ccccc1-c1c(F)cccc1Cl)C1CN(Cc2ccccc2)CCO1. The Bertz CT molecular complexity index is 962. The molecule has 1 heterocycles. The number of halogens is 2. The molecule has 2 unspecified atom stereocenters. The van der Waals surface area contributed by atoms with Gasteiger partial charge in [-0.3, -0.25) is 4.90 Å². The Hall–Kier alpha value is -2.24. The highest BCUT2D eigenvalue weighted by atomic mass is 35.5. The Labute approximate surface area is 181 Å². The highest BCUT2D eigenvalue weighted by molar-refractivity contribution is 6.33. The molecular weight excluding hydrogens is 401 g/mol. The maximum absolute atomic E-state index is 14.6. The zero-order valence-corrected chi connectivity index (χ0v) is 17.4. The van der Waals surface area contributed by atoms with Gasteiger partial charge >= 0.3 is 0 Å². The Morgan fingerprint density at radius 1 is 1.03 bits per heavy atom. The molecule has 3 aromatic carbocycles. The summed E-state index contributed by atoms with van der Waals surface area (Å²) >= 11 is 6.34. The summed E-state index contributed by atoms with van der Waals surface area (Å²) < 4.78 is 20.7. The molecule has 0 aromatic heterocycles. The predicted octanol–water partition coefficient (Wildman–Crippen LogP) is 5.12. The summed E-state index contributed by atoms with van der Waals surface area (Å²) in [7, 11) is 0. The maximum Gasteiger partial charge on any atom is 0.132 e. The van der Waals surface area contributed by atoms with Crippen LogP contribution in [-0.4, -0.2) is 42.4 Å². The molecule has 0 spiro atoms. The van der Waals surface area contributed by atoms with Crippen LogP contribution >= 0.6 is 11.6 Å². The van der Waals surface area contributed by atoms with E-state index >= 15 is 0 Å². The van der Waals surface area contributed by atoms with Crippen LogP contribution in [0.1, 0.15) is 17.0 Å². The first-order valence-corrected chi connectivity index (χ1v) is 10.6. The van der Waals surface area contributed by atoms with Crippen LogP contribution in [0.25, 0.3) is 11.1 Å². The number of ether oxygens (including phenoxy) is 1. The highest BCUT2D eigenvalue weighted by Gasteiger charge is 2.31. The molecule has 1 N–H and O–H groups in total. The van der Waals surface area contributed by atoms with Gasteiger partial charge < -0.3 is 9.84 Å². The second-order valence-corrected chi connectivity index (χ2v) is 8.01. The predicted molar refractivity (Wildman–Crippen MR) is 118 cm³/mol. The zero-order valence-electron chi connectivity index (χ0n) is 16.7. The van der Waals surface area contributed by atoms with Gasteiger partial charge in [-0.05, 0) is 28.8 Å². The Morgan fingerprint density at radius 2 is 1.80 bits per heavy atom. The van der Waals surface area contributed by atoms with Gasteiger partial charge in [0.05, 0.1) is 24.3 Å². The molecule has 1 aliphatic heterocycles. The molecule has 3 aromatic rings. The number of morpholine rings is 1. The zero-order chi connectivity index (χ0) is 20.9. The van der Waals surface area contributed by atoms with Crippen LogP contribution in [0.15, 0.2) is 72.8 Å². The summed E-state index contributed by atoms with van der Waals surface area (Å²) in [6.45, 7) is 2.87. The van der Waals surface area contributed by atoms with Crippen molar-refractivity contribution in [3.8, 4) is 11.1 Å². The molecule has 5 heteroatoms. The lowest BCUT2D eigenvalue weighted by atomic mass is 9.86. The molecule has 1 aliphatic rings. The Kier molecular flexibility index (Phi) is 6.80. The molecule has 3 nitrogen and oxygen atoms in total. The Morgan fingerprint density at radius 3 is 2.57 bits per heavy atom. The Balaban J connectivity index is 1.61. The first kappa shape index (κ1) is 21.0. The quantitative estimate of drug-likeness (QED) is 0.594. The number of rotatable bonds is 6. The fourth-order valence-corrected chi connectivity index (χ4v) is 4.44. The lowest BCUT2D eigenvalue weighted by Crippen LogP contribution is -2.45. The van der Waals surface area contributed by atoms with E-state index in [9.17, 15) is 9.50 Å². The molecule has 0 aliphatic carbocycles. The average Bonchev–Trinajstić information content (AvgIpc) is 2.76. The molecule has 0 saturated carbocycles. The molecule has 4 rings (SSSR count). The van der Waals surface area contributed by atoms with Crippen molar-refractivity contribution in [2.75, 3.05) is 26.3 Å². The van der Waals surface area contributed by atoms with Gasteiger partial charge in [0.25, 0.3) is 0 Å². The number of hydrogen-bond donors (Lipinski definition) is 1. The first-order valence-electron chi connectivity index (χ1n) is 10.2. The van der Waals surface area contributed by atoms with Crippen molar-refractivity contribution in [1.29, 1.82) is 0 Å². The van der Waals surface area contributed by atoms with Crippen LogP contribution in [0.4, 0.5) is 4.39 Å². The summed E-state index contributed by atoms with van der Waals surface area (Å²) in [5.74, 6) is -0.655. The highest BCUT2D eigenvalue weighted by Crippen LogP contribution is 2.37. The third-order valence-corrected chi connectivity index (χ3v) is 5.98. The van der Waals surface area contributed by atoms with Gasteiger partial charge in [-0.15, -0.1) is 0 Å². The fraction of sp³-hybridized carbons (Fsp3) is 0.280. The molecule has 0 amide bonds. The standard InChI is InChI=1S/C25H25ClFNO2/c26-22-11-6-12-23(27)25(22)20-10-5-4-9-19(20)21(17-29)24-16-28(13-14-30-24)15-18-7-2-1-3-8-18/h1-12,21,24,29H,13-17H2. The summed E-state index contributed by atoms with van der Waals surface area (Å²) in [5.41, 5.74) is 3.16. The van der Waals surface area contributed by atoms with Crippen LogP contribution in [0.3, 0.4) is 0 Å². The van der Waals surface area contributed by atoms with E-state index in [1.165, 1.54) is 11.6 Å². The van der Waals surface area contributed by atoms with E-state index in [1.807, 2.05) is 42.5 Å². The second kappa shape index (κ2) is 9.71. The maximum atomic E-state index is 14.6. The van der Waals surface area contributed by atoms with Gasteiger partial charge in [0.1, 0.15) is 5.82 Å². The van der Waals surface area contributed by atoms with E-state index in [0.29, 0.717) is 29.3 Å². The van der Waals surface area contributed by atoms with E-state index in [0.717, 1.165) is 18.7 Å². The number of aliphatic hydroxyl groups is 1. The number of aliphatic hydroxyl groups excluding tert-OH is 1. The lowest BCUT2D eigenvalue weighted by Gasteiger charge is -2.37. The van der Waals surface area contributed by atoms with Crippen LogP contribution < -0.4 is 0 Å². The molecule has 1 fully saturated rings. The van der Waals surface area contributed by atoms with Gasteiger partial charge in [-0.2, -0.15) is 0 Å². The van der Waals surface area contributed by atoms with Crippen molar-refractivity contribution >= 4 is 11.6 Å². The van der Waals surface area contributed by atoms with Gasteiger partial charge in [-0.1, -0.05) is 72.3 Å². The van der Waals surface area contributed by atoms with Crippen LogP contribution in [0, 0.1) is 5.82 Å². The summed E-state index contributed by atoms with van der Waals surface area (Å²) in [4.78, 5) is 2.34. The van der Waals surface area contributed by atoms with E-state index in [1.54, 1.807) is 12.1 Å². The third kappa shape index (κ3) is 4.57.